The first-order valence-corrected chi connectivity index (χ1v) is 8.63. The summed E-state index contributed by atoms with van der Waals surface area (Å²) in [5.74, 6) is 2.38. The lowest BCUT2D eigenvalue weighted by molar-refractivity contribution is -0.0150. The van der Waals surface area contributed by atoms with Gasteiger partial charge in [-0.25, -0.2) is 0 Å². The first-order valence-electron chi connectivity index (χ1n) is 8.63. The van der Waals surface area contributed by atoms with Crippen molar-refractivity contribution in [2.75, 3.05) is 0 Å². The molecule has 0 aromatic heterocycles. The minimum atomic E-state index is 0.320. The maximum absolute atomic E-state index is 2.56. The highest BCUT2D eigenvalue weighted by atomic mass is 14.6. The third-order valence-electron chi connectivity index (χ3n) is 6.87. The van der Waals surface area contributed by atoms with E-state index in [2.05, 4.69) is 71.0 Å². The van der Waals surface area contributed by atoms with Gasteiger partial charge >= 0.3 is 0 Å². The molecule has 0 nitrogen and oxygen atoms in total. The molecule has 1 aromatic rings. The van der Waals surface area contributed by atoms with Crippen LogP contribution in [0, 0.1) is 28.6 Å². The van der Waals surface area contributed by atoms with Gasteiger partial charge in [0.25, 0.3) is 0 Å². The summed E-state index contributed by atoms with van der Waals surface area (Å²) in [6.07, 6.45) is 6.56. The Bertz CT molecular complexity index is 536. The number of benzene rings is 1. The molecule has 1 fully saturated rings. The zero-order valence-electron chi connectivity index (χ0n) is 14.3. The SMILES string of the molecule is C[C@H]1CC[C@H]2C(C)(C)CC=C(c3ccccc3)[C@]2(C)[C@H]1C. The van der Waals surface area contributed by atoms with Gasteiger partial charge in [0, 0.05) is 0 Å². The summed E-state index contributed by atoms with van der Waals surface area (Å²) in [5, 5.41) is 0. The summed E-state index contributed by atoms with van der Waals surface area (Å²) in [6, 6.07) is 11.1. The Hall–Kier alpha value is -1.04. The Labute approximate surface area is 130 Å². The Morgan fingerprint density at radius 3 is 2.29 bits per heavy atom. The van der Waals surface area contributed by atoms with Gasteiger partial charge in [-0.15, -0.1) is 0 Å². The second-order valence-electron chi connectivity index (χ2n) is 8.36. The molecule has 0 radical (unpaired) electrons. The Kier molecular flexibility index (Phi) is 3.55. The van der Waals surface area contributed by atoms with Gasteiger partial charge in [0.1, 0.15) is 0 Å². The van der Waals surface area contributed by atoms with Crippen molar-refractivity contribution in [3.63, 3.8) is 0 Å². The second-order valence-corrected chi connectivity index (χ2v) is 8.36. The highest BCUT2D eigenvalue weighted by Gasteiger charge is 2.54. The van der Waals surface area contributed by atoms with Crippen LogP contribution in [0.4, 0.5) is 0 Å². The van der Waals surface area contributed by atoms with E-state index in [0.29, 0.717) is 10.8 Å². The van der Waals surface area contributed by atoms with E-state index in [4.69, 9.17) is 0 Å². The Morgan fingerprint density at radius 2 is 1.62 bits per heavy atom. The molecule has 1 aromatic carbocycles. The molecule has 0 heteroatoms. The lowest BCUT2D eigenvalue weighted by atomic mass is 9.46. The molecule has 1 saturated carbocycles. The third kappa shape index (κ3) is 2.18. The first-order chi connectivity index (χ1) is 9.87. The van der Waals surface area contributed by atoms with Crippen LogP contribution < -0.4 is 0 Å². The largest absolute Gasteiger partial charge is 0.0796 e. The van der Waals surface area contributed by atoms with Gasteiger partial charge in [-0.05, 0) is 52.6 Å². The molecule has 0 aliphatic heterocycles. The fourth-order valence-corrected chi connectivity index (χ4v) is 5.30. The van der Waals surface area contributed by atoms with Crippen LogP contribution in [0.2, 0.25) is 0 Å². The van der Waals surface area contributed by atoms with E-state index in [0.717, 1.165) is 17.8 Å². The second kappa shape index (κ2) is 5.00. The summed E-state index contributed by atoms with van der Waals surface area (Å²) in [4.78, 5) is 0. The average Bonchev–Trinajstić information content (AvgIpc) is 2.45. The molecule has 0 spiro atoms. The minimum absolute atomic E-state index is 0.320. The fraction of sp³-hybridized carbons (Fsp3) is 0.619. The molecule has 0 amide bonds. The summed E-state index contributed by atoms with van der Waals surface area (Å²) in [5.41, 5.74) is 3.82. The molecule has 21 heavy (non-hydrogen) atoms. The van der Waals surface area contributed by atoms with Crippen molar-refractivity contribution in [1.82, 2.24) is 0 Å². The number of allylic oxidation sites excluding steroid dienone is 2. The molecule has 3 rings (SSSR count). The molecule has 114 valence electrons. The van der Waals surface area contributed by atoms with Crippen molar-refractivity contribution in [3.05, 3.63) is 42.0 Å². The highest BCUT2D eigenvalue weighted by molar-refractivity contribution is 5.72. The van der Waals surface area contributed by atoms with Gasteiger partial charge in [0.15, 0.2) is 0 Å². The van der Waals surface area contributed by atoms with Gasteiger partial charge in [0.05, 0.1) is 0 Å². The van der Waals surface area contributed by atoms with Gasteiger partial charge < -0.3 is 0 Å². The van der Waals surface area contributed by atoms with Gasteiger partial charge in [-0.3, -0.25) is 0 Å². The zero-order chi connectivity index (χ0) is 15.3. The molecular formula is C21H30. The molecule has 0 bridgehead atoms. The van der Waals surface area contributed by atoms with Crippen molar-refractivity contribution < 1.29 is 0 Å². The van der Waals surface area contributed by atoms with Crippen LogP contribution in [-0.4, -0.2) is 0 Å². The van der Waals surface area contributed by atoms with Crippen molar-refractivity contribution in [1.29, 1.82) is 0 Å². The molecule has 0 N–H and O–H groups in total. The van der Waals surface area contributed by atoms with Gasteiger partial charge in [-0.2, -0.15) is 0 Å². The minimum Gasteiger partial charge on any atom is -0.0796 e. The van der Waals surface area contributed by atoms with E-state index in [1.807, 2.05) is 0 Å². The molecule has 2 aliphatic rings. The number of hydrogen-bond acceptors (Lipinski definition) is 0. The van der Waals surface area contributed by atoms with Gasteiger partial charge in [-0.1, -0.05) is 77.4 Å². The van der Waals surface area contributed by atoms with E-state index in [1.165, 1.54) is 24.8 Å². The van der Waals surface area contributed by atoms with E-state index in [9.17, 15) is 0 Å². The standard InChI is InChI=1S/C21H30/c1-15-11-12-19-20(3,4)14-13-18(21(19,5)16(15)2)17-9-7-6-8-10-17/h6-10,13,15-16,19H,11-12,14H2,1-5H3/t15-,16-,19-,21-/m0/s1. The highest BCUT2D eigenvalue weighted by Crippen LogP contribution is 2.63. The lowest BCUT2D eigenvalue weighted by Crippen LogP contribution is -2.50. The summed E-state index contributed by atoms with van der Waals surface area (Å²) in [6.45, 7) is 12.5. The molecule has 0 heterocycles. The number of rotatable bonds is 1. The Morgan fingerprint density at radius 1 is 0.952 bits per heavy atom. The van der Waals surface area contributed by atoms with E-state index < -0.39 is 0 Å². The third-order valence-corrected chi connectivity index (χ3v) is 6.87. The molecular weight excluding hydrogens is 252 g/mol. The van der Waals surface area contributed by atoms with Crippen LogP contribution in [0.5, 0.6) is 0 Å². The molecule has 0 saturated heterocycles. The topological polar surface area (TPSA) is 0 Å². The molecule has 2 aliphatic carbocycles. The normalized spacial score (nSPS) is 38.5. The van der Waals surface area contributed by atoms with Crippen LogP contribution in [0.1, 0.15) is 59.4 Å². The fourth-order valence-electron chi connectivity index (χ4n) is 5.30. The molecule has 4 atom stereocenters. The molecule has 0 unspecified atom stereocenters. The number of fused-ring (bicyclic) bond motifs is 1. The van der Waals surface area contributed by atoms with Crippen LogP contribution >= 0.6 is 0 Å². The van der Waals surface area contributed by atoms with Crippen molar-refractivity contribution in [2.45, 2.75) is 53.9 Å². The van der Waals surface area contributed by atoms with E-state index in [1.54, 1.807) is 5.57 Å². The Balaban J connectivity index is 2.14. The summed E-state index contributed by atoms with van der Waals surface area (Å²) < 4.78 is 0. The van der Waals surface area contributed by atoms with Crippen LogP contribution in [0.15, 0.2) is 36.4 Å². The van der Waals surface area contributed by atoms with E-state index in [-0.39, 0.29) is 0 Å². The van der Waals surface area contributed by atoms with Crippen molar-refractivity contribution in [2.24, 2.45) is 28.6 Å². The predicted octanol–water partition coefficient (Wildman–Crippen LogP) is 6.19. The van der Waals surface area contributed by atoms with Crippen LogP contribution in [-0.2, 0) is 0 Å². The smallest absolute Gasteiger partial charge is 0.00109 e. The maximum atomic E-state index is 2.56. The maximum Gasteiger partial charge on any atom is -0.00109 e. The first kappa shape index (κ1) is 14.9. The van der Waals surface area contributed by atoms with Crippen molar-refractivity contribution in [3.8, 4) is 0 Å². The van der Waals surface area contributed by atoms with Gasteiger partial charge in [0.2, 0.25) is 0 Å². The lowest BCUT2D eigenvalue weighted by Gasteiger charge is -2.58. The van der Waals surface area contributed by atoms with Crippen LogP contribution in [0.25, 0.3) is 5.57 Å². The predicted molar refractivity (Wildman–Crippen MR) is 92.0 cm³/mol. The van der Waals surface area contributed by atoms with E-state index >= 15 is 0 Å². The monoisotopic (exact) mass is 282 g/mol. The average molecular weight is 282 g/mol. The van der Waals surface area contributed by atoms with Crippen LogP contribution in [0.3, 0.4) is 0 Å². The zero-order valence-corrected chi connectivity index (χ0v) is 14.3. The summed E-state index contributed by atoms with van der Waals surface area (Å²) >= 11 is 0. The number of hydrogen-bond donors (Lipinski definition) is 0. The summed E-state index contributed by atoms with van der Waals surface area (Å²) in [7, 11) is 0. The van der Waals surface area contributed by atoms with Crippen molar-refractivity contribution >= 4 is 5.57 Å². The quantitative estimate of drug-likeness (QED) is 0.576.